The molecule has 5 nitrogen and oxygen atoms in total. The Hall–Kier alpha value is -1.37. The molecule has 1 aliphatic rings. The average molecular weight is 330 g/mol. The minimum absolute atomic E-state index is 0.0306. The van der Waals surface area contributed by atoms with E-state index in [2.05, 4.69) is 15.5 Å². The highest BCUT2D eigenvalue weighted by Gasteiger charge is 2.21. The maximum Gasteiger partial charge on any atom is 0.319 e. The number of likely N-dealkylation sites (tertiary alicyclic amines) is 1. The highest BCUT2D eigenvalue weighted by atomic mass is 35.5. The molecule has 1 aromatic carbocycles. The van der Waals surface area contributed by atoms with E-state index in [0.717, 1.165) is 25.8 Å². The second-order valence-electron chi connectivity index (χ2n) is 5.35. The fraction of sp³-hybridized carbons (Fsp3) is 0.533. The molecule has 1 fully saturated rings. The van der Waals surface area contributed by atoms with E-state index in [1.54, 1.807) is 6.07 Å². The molecule has 1 atom stereocenters. The summed E-state index contributed by atoms with van der Waals surface area (Å²) in [6.07, 6.45) is 3.22. The Morgan fingerprint density at radius 1 is 1.45 bits per heavy atom. The summed E-state index contributed by atoms with van der Waals surface area (Å²) in [6, 6.07) is 4.14. The summed E-state index contributed by atoms with van der Waals surface area (Å²) < 4.78 is 13.7. The number of amides is 2. The van der Waals surface area contributed by atoms with Crippen molar-refractivity contribution >= 4 is 23.3 Å². The van der Waals surface area contributed by atoms with Gasteiger partial charge in [0.05, 0.1) is 17.3 Å². The largest absolute Gasteiger partial charge is 0.395 e. The summed E-state index contributed by atoms with van der Waals surface area (Å²) in [4.78, 5) is 13.9. The molecular formula is C15H21ClFN3O2. The van der Waals surface area contributed by atoms with E-state index in [9.17, 15) is 14.3 Å². The number of hydrogen-bond donors (Lipinski definition) is 3. The first-order valence-corrected chi connectivity index (χ1v) is 7.83. The number of rotatable bonds is 5. The predicted octanol–water partition coefficient (Wildman–Crippen LogP) is 2.45. The number of hydrogen-bond acceptors (Lipinski definition) is 3. The molecule has 1 aliphatic heterocycles. The van der Waals surface area contributed by atoms with Gasteiger partial charge in [-0.1, -0.05) is 24.1 Å². The SMILES string of the molecule is O=C(NCCN1CCCC[C@@H]1CO)Nc1cccc(Cl)c1F. The number of anilines is 1. The van der Waals surface area contributed by atoms with Crippen LogP contribution in [-0.2, 0) is 0 Å². The molecule has 1 aromatic rings. The van der Waals surface area contributed by atoms with Crippen molar-refractivity contribution in [3.63, 3.8) is 0 Å². The maximum absolute atomic E-state index is 13.7. The summed E-state index contributed by atoms with van der Waals surface area (Å²) in [5.41, 5.74) is 0.0520. The number of nitrogens with zero attached hydrogens (tertiary/aromatic N) is 1. The zero-order valence-electron chi connectivity index (χ0n) is 12.3. The monoisotopic (exact) mass is 329 g/mol. The fourth-order valence-corrected chi connectivity index (χ4v) is 2.82. The third kappa shape index (κ3) is 4.56. The van der Waals surface area contributed by atoms with Crippen LogP contribution in [0.1, 0.15) is 19.3 Å². The lowest BCUT2D eigenvalue weighted by molar-refractivity contribution is 0.0917. The van der Waals surface area contributed by atoms with E-state index in [-0.39, 0.29) is 23.4 Å². The first-order valence-electron chi connectivity index (χ1n) is 7.45. The first kappa shape index (κ1) is 17.0. The molecule has 1 saturated heterocycles. The quantitative estimate of drug-likeness (QED) is 0.777. The molecule has 2 amide bonds. The summed E-state index contributed by atoms with van der Waals surface area (Å²) in [6.45, 7) is 2.17. The third-order valence-electron chi connectivity index (χ3n) is 3.84. The Balaban J connectivity index is 1.77. The third-order valence-corrected chi connectivity index (χ3v) is 4.14. The van der Waals surface area contributed by atoms with E-state index in [1.807, 2.05) is 0 Å². The minimum Gasteiger partial charge on any atom is -0.395 e. The second kappa shape index (κ2) is 8.31. The molecule has 0 saturated carbocycles. The van der Waals surface area contributed by atoms with Crippen LogP contribution in [0.3, 0.4) is 0 Å². The van der Waals surface area contributed by atoms with Gasteiger partial charge in [0.1, 0.15) is 0 Å². The zero-order valence-corrected chi connectivity index (χ0v) is 13.1. The van der Waals surface area contributed by atoms with Crippen LogP contribution >= 0.6 is 11.6 Å². The lowest BCUT2D eigenvalue weighted by Gasteiger charge is -2.34. The van der Waals surface area contributed by atoms with Gasteiger partial charge >= 0.3 is 6.03 Å². The highest BCUT2D eigenvalue weighted by molar-refractivity contribution is 6.31. The van der Waals surface area contributed by atoms with Crippen LogP contribution in [0.5, 0.6) is 0 Å². The number of benzene rings is 1. The number of urea groups is 1. The molecular weight excluding hydrogens is 309 g/mol. The van der Waals surface area contributed by atoms with Crippen molar-refractivity contribution in [1.82, 2.24) is 10.2 Å². The van der Waals surface area contributed by atoms with E-state index in [4.69, 9.17) is 11.6 Å². The number of nitrogens with one attached hydrogen (secondary N) is 2. The van der Waals surface area contributed by atoms with Crippen molar-refractivity contribution in [3.05, 3.63) is 29.0 Å². The van der Waals surface area contributed by atoms with Crippen molar-refractivity contribution < 1.29 is 14.3 Å². The van der Waals surface area contributed by atoms with Crippen LogP contribution < -0.4 is 10.6 Å². The Morgan fingerprint density at radius 2 is 2.27 bits per heavy atom. The fourth-order valence-electron chi connectivity index (χ4n) is 2.64. The molecule has 0 radical (unpaired) electrons. The molecule has 0 aromatic heterocycles. The van der Waals surface area contributed by atoms with Gasteiger partial charge in [-0.15, -0.1) is 0 Å². The van der Waals surface area contributed by atoms with Gasteiger partial charge < -0.3 is 15.7 Å². The summed E-state index contributed by atoms with van der Waals surface area (Å²) in [7, 11) is 0. The van der Waals surface area contributed by atoms with Gasteiger partial charge in [0, 0.05) is 19.1 Å². The molecule has 0 unspecified atom stereocenters. The minimum atomic E-state index is -0.643. The predicted molar refractivity (Wildman–Crippen MR) is 84.7 cm³/mol. The van der Waals surface area contributed by atoms with Gasteiger partial charge in [-0.2, -0.15) is 0 Å². The van der Waals surface area contributed by atoms with Gasteiger partial charge in [-0.3, -0.25) is 4.90 Å². The van der Waals surface area contributed by atoms with Crippen molar-refractivity contribution in [2.45, 2.75) is 25.3 Å². The van der Waals surface area contributed by atoms with Gasteiger partial charge in [-0.25, -0.2) is 9.18 Å². The number of piperidine rings is 1. The van der Waals surface area contributed by atoms with Crippen molar-refractivity contribution in [3.8, 4) is 0 Å². The number of carbonyl (C=O) groups excluding carboxylic acids is 1. The molecule has 3 N–H and O–H groups in total. The normalized spacial score (nSPS) is 19.0. The molecule has 1 heterocycles. The Morgan fingerprint density at radius 3 is 3.05 bits per heavy atom. The van der Waals surface area contributed by atoms with Crippen molar-refractivity contribution in [2.24, 2.45) is 0 Å². The Labute approximate surface area is 134 Å². The zero-order chi connectivity index (χ0) is 15.9. The summed E-state index contributed by atoms with van der Waals surface area (Å²) in [5.74, 6) is -0.643. The van der Waals surface area contributed by atoms with Gasteiger partial charge in [0.25, 0.3) is 0 Å². The highest BCUT2D eigenvalue weighted by Crippen LogP contribution is 2.21. The molecule has 122 valence electrons. The topological polar surface area (TPSA) is 64.6 Å². The molecule has 0 aliphatic carbocycles. The van der Waals surface area contributed by atoms with E-state index >= 15 is 0 Å². The Bertz CT molecular complexity index is 516. The van der Waals surface area contributed by atoms with Crippen LogP contribution in [0.15, 0.2) is 18.2 Å². The van der Waals surface area contributed by atoms with Gasteiger partial charge in [0.2, 0.25) is 0 Å². The molecule has 0 bridgehead atoms. The number of aliphatic hydroxyl groups excluding tert-OH is 1. The summed E-state index contributed by atoms with van der Waals surface area (Å²) >= 11 is 5.66. The van der Waals surface area contributed by atoms with Crippen LogP contribution in [0.4, 0.5) is 14.9 Å². The number of carbonyl (C=O) groups is 1. The van der Waals surface area contributed by atoms with Crippen LogP contribution in [0.2, 0.25) is 5.02 Å². The first-order chi connectivity index (χ1) is 10.6. The van der Waals surface area contributed by atoms with Crippen LogP contribution in [0.25, 0.3) is 0 Å². The molecule has 7 heteroatoms. The van der Waals surface area contributed by atoms with Gasteiger partial charge in [-0.05, 0) is 31.5 Å². The van der Waals surface area contributed by atoms with E-state index in [1.165, 1.54) is 12.1 Å². The Kier molecular flexibility index (Phi) is 6.42. The average Bonchev–Trinajstić information content (AvgIpc) is 2.52. The second-order valence-corrected chi connectivity index (χ2v) is 5.76. The van der Waals surface area contributed by atoms with Gasteiger partial charge in [0.15, 0.2) is 5.82 Å². The van der Waals surface area contributed by atoms with E-state index < -0.39 is 11.8 Å². The smallest absolute Gasteiger partial charge is 0.319 e. The molecule has 22 heavy (non-hydrogen) atoms. The van der Waals surface area contributed by atoms with E-state index in [0.29, 0.717) is 13.1 Å². The molecule has 0 spiro atoms. The van der Waals surface area contributed by atoms with Crippen molar-refractivity contribution in [2.75, 3.05) is 31.6 Å². The summed E-state index contributed by atoms with van der Waals surface area (Å²) in [5, 5.41) is 14.4. The standard InChI is InChI=1S/C15H21ClFN3O2/c16-12-5-3-6-13(14(12)17)19-15(22)18-7-9-20-8-2-1-4-11(20)10-21/h3,5-6,11,21H,1-2,4,7-10H2,(H2,18,19,22)/t11-/m1/s1. The maximum atomic E-state index is 13.7. The lowest BCUT2D eigenvalue weighted by atomic mass is 10.0. The lowest BCUT2D eigenvalue weighted by Crippen LogP contribution is -2.46. The molecule has 2 rings (SSSR count). The van der Waals surface area contributed by atoms with Crippen molar-refractivity contribution in [1.29, 1.82) is 0 Å². The number of halogens is 2. The van der Waals surface area contributed by atoms with Crippen LogP contribution in [-0.4, -0.2) is 48.3 Å². The number of aliphatic hydroxyl groups is 1. The van der Waals surface area contributed by atoms with Crippen LogP contribution in [0, 0.1) is 5.82 Å².